The molecule has 0 aliphatic carbocycles. The second-order valence-electron chi connectivity index (χ2n) is 2.55. The molecule has 0 amide bonds. The first kappa shape index (κ1) is 17.0. The molecule has 0 spiro atoms. The van der Waals surface area contributed by atoms with Crippen LogP contribution in [0.5, 0.6) is 0 Å². The first-order valence-corrected chi connectivity index (χ1v) is 6.78. The number of allylic oxidation sites excluding steroid dienone is 3. The molecule has 0 heterocycles. The largest absolute Gasteiger partial charge is 0.426 e. The van der Waals surface area contributed by atoms with E-state index in [1.807, 2.05) is 13.8 Å². The van der Waals surface area contributed by atoms with Crippen molar-refractivity contribution < 1.29 is 17.9 Å². The molecule has 0 atom stereocenters. The van der Waals surface area contributed by atoms with Gasteiger partial charge in [-0.15, -0.1) is 0 Å². The summed E-state index contributed by atoms with van der Waals surface area (Å²) in [5.74, 6) is -1.30. The van der Waals surface area contributed by atoms with Crippen molar-refractivity contribution in [2.45, 2.75) is 13.8 Å². The molecule has 4 nitrogen and oxygen atoms in total. The molecule has 0 unspecified atom stereocenters. The maximum Gasteiger partial charge on any atom is 0.326 e. The predicted molar refractivity (Wildman–Crippen MR) is 65.6 cm³/mol. The zero-order chi connectivity index (χ0) is 13.2. The summed E-state index contributed by atoms with van der Waals surface area (Å²) in [6.07, 6.45) is 5.07. The summed E-state index contributed by atoms with van der Waals surface area (Å²) < 4.78 is 26.1. The summed E-state index contributed by atoms with van der Waals surface area (Å²) in [6.45, 7) is 10.8. The highest BCUT2D eigenvalue weighted by molar-refractivity contribution is 7.91. The van der Waals surface area contributed by atoms with E-state index in [1.165, 1.54) is 18.2 Å². The molecular formula is C11H18O4S. The van der Waals surface area contributed by atoms with Crippen LogP contribution in [0.15, 0.2) is 37.1 Å². The second-order valence-corrected chi connectivity index (χ2v) is 4.69. The highest BCUT2D eigenvalue weighted by Gasteiger charge is 2.12. The molecule has 16 heavy (non-hydrogen) atoms. The van der Waals surface area contributed by atoms with E-state index in [0.717, 1.165) is 6.26 Å². The summed E-state index contributed by atoms with van der Waals surface area (Å²) in [4.78, 5) is 11.0. The van der Waals surface area contributed by atoms with Crippen molar-refractivity contribution in [3.05, 3.63) is 37.1 Å². The first-order chi connectivity index (χ1) is 7.39. The van der Waals surface area contributed by atoms with E-state index in [-0.39, 0.29) is 5.76 Å². The van der Waals surface area contributed by atoms with Crippen LogP contribution in [0.1, 0.15) is 13.8 Å². The van der Waals surface area contributed by atoms with E-state index in [2.05, 4.69) is 17.9 Å². The summed E-state index contributed by atoms with van der Waals surface area (Å²) in [5, 5.41) is 0. The Morgan fingerprint density at radius 2 is 1.81 bits per heavy atom. The Morgan fingerprint density at radius 3 is 2.12 bits per heavy atom. The molecule has 5 heteroatoms. The number of hydrogen-bond acceptors (Lipinski definition) is 4. The number of ether oxygens (including phenoxy) is 1. The van der Waals surface area contributed by atoms with Gasteiger partial charge in [0.1, 0.15) is 11.5 Å². The SMILES string of the molecule is C=C/C=C(\C=C)OC(=O)CS(C)(=O)=O.CC. The van der Waals surface area contributed by atoms with Crippen LogP contribution in [0.3, 0.4) is 0 Å². The molecule has 0 aliphatic heterocycles. The third-order valence-corrected chi connectivity index (χ3v) is 1.86. The lowest BCUT2D eigenvalue weighted by molar-refractivity contribution is -0.135. The first-order valence-electron chi connectivity index (χ1n) is 4.72. The highest BCUT2D eigenvalue weighted by Crippen LogP contribution is 2.00. The molecule has 0 fully saturated rings. The standard InChI is InChI=1S/C9H12O4S.C2H6/c1-4-6-8(5-2)13-9(10)7-14(3,11)12;1-2/h4-6H,1-2,7H2,3H3;1-2H3/b8-6+;. The molecule has 0 saturated heterocycles. The van der Waals surface area contributed by atoms with Gasteiger partial charge >= 0.3 is 5.97 Å². The minimum atomic E-state index is -3.35. The van der Waals surface area contributed by atoms with Crippen LogP contribution >= 0.6 is 0 Å². The molecule has 0 aromatic carbocycles. The van der Waals surface area contributed by atoms with Crippen molar-refractivity contribution in [3.63, 3.8) is 0 Å². The number of hydrogen-bond donors (Lipinski definition) is 0. The maximum atomic E-state index is 11.0. The zero-order valence-corrected chi connectivity index (χ0v) is 10.7. The Balaban J connectivity index is 0. The van der Waals surface area contributed by atoms with Gasteiger partial charge in [0.2, 0.25) is 0 Å². The zero-order valence-electron chi connectivity index (χ0n) is 9.89. The van der Waals surface area contributed by atoms with Gasteiger partial charge in [0.15, 0.2) is 9.84 Å². The third kappa shape index (κ3) is 10.7. The van der Waals surface area contributed by atoms with E-state index in [0.29, 0.717) is 0 Å². The van der Waals surface area contributed by atoms with E-state index >= 15 is 0 Å². The summed E-state index contributed by atoms with van der Waals surface area (Å²) >= 11 is 0. The van der Waals surface area contributed by atoms with E-state index < -0.39 is 21.6 Å². The Morgan fingerprint density at radius 1 is 1.31 bits per heavy atom. The molecule has 0 radical (unpaired) electrons. The summed E-state index contributed by atoms with van der Waals surface area (Å²) in [5.41, 5.74) is 0. The lowest BCUT2D eigenvalue weighted by Gasteiger charge is -2.02. The molecule has 92 valence electrons. The lowest BCUT2D eigenvalue weighted by atomic mass is 10.4. The van der Waals surface area contributed by atoms with Crippen LogP contribution in [0.2, 0.25) is 0 Å². The monoisotopic (exact) mass is 246 g/mol. The van der Waals surface area contributed by atoms with Gasteiger partial charge in [-0.2, -0.15) is 0 Å². The summed E-state index contributed by atoms with van der Waals surface area (Å²) in [7, 11) is -3.35. The van der Waals surface area contributed by atoms with E-state index in [9.17, 15) is 13.2 Å². The topological polar surface area (TPSA) is 60.4 Å². The van der Waals surface area contributed by atoms with Gasteiger partial charge in [-0.3, -0.25) is 4.79 Å². The number of rotatable bonds is 5. The smallest absolute Gasteiger partial charge is 0.326 e. The number of esters is 1. The van der Waals surface area contributed by atoms with Crippen molar-refractivity contribution in [2.24, 2.45) is 0 Å². The van der Waals surface area contributed by atoms with Crippen LogP contribution in [-0.2, 0) is 19.4 Å². The second kappa shape index (κ2) is 8.91. The quantitative estimate of drug-likeness (QED) is 0.422. The Labute approximate surface area is 97.2 Å². The molecule has 0 aromatic rings. The predicted octanol–water partition coefficient (Wildman–Crippen LogP) is 1.86. The lowest BCUT2D eigenvalue weighted by Crippen LogP contribution is -2.16. The Bertz CT molecular complexity index is 363. The van der Waals surface area contributed by atoms with E-state index in [4.69, 9.17) is 0 Å². The highest BCUT2D eigenvalue weighted by atomic mass is 32.2. The number of carbonyl (C=O) groups is 1. The third-order valence-electron chi connectivity index (χ3n) is 1.10. The molecule has 0 aromatic heterocycles. The minimum absolute atomic E-state index is 0.175. The average molecular weight is 246 g/mol. The van der Waals surface area contributed by atoms with Crippen LogP contribution in [0, 0.1) is 0 Å². The van der Waals surface area contributed by atoms with Crippen molar-refractivity contribution in [1.29, 1.82) is 0 Å². The number of sulfone groups is 1. The van der Waals surface area contributed by atoms with Crippen molar-refractivity contribution in [2.75, 3.05) is 12.0 Å². The molecule has 0 bridgehead atoms. The summed E-state index contributed by atoms with van der Waals surface area (Å²) in [6, 6.07) is 0. The van der Waals surface area contributed by atoms with Crippen molar-refractivity contribution in [1.82, 2.24) is 0 Å². The van der Waals surface area contributed by atoms with Gasteiger partial charge < -0.3 is 4.74 Å². The van der Waals surface area contributed by atoms with Gasteiger partial charge in [0, 0.05) is 6.26 Å². The molecule has 0 rings (SSSR count). The molecular weight excluding hydrogens is 228 g/mol. The Kier molecular flexibility index (Phi) is 9.49. The van der Waals surface area contributed by atoms with Crippen LogP contribution in [0.25, 0.3) is 0 Å². The van der Waals surface area contributed by atoms with Gasteiger partial charge in [-0.05, 0) is 12.2 Å². The van der Waals surface area contributed by atoms with Crippen molar-refractivity contribution in [3.8, 4) is 0 Å². The normalized spacial score (nSPS) is 10.8. The molecule has 0 aliphatic rings. The maximum absolute atomic E-state index is 11.0. The fourth-order valence-electron chi connectivity index (χ4n) is 0.635. The van der Waals surface area contributed by atoms with Gasteiger partial charge in [-0.25, -0.2) is 8.42 Å². The van der Waals surface area contributed by atoms with Crippen LogP contribution in [0.4, 0.5) is 0 Å². The molecule has 0 saturated carbocycles. The fourth-order valence-corrected chi connectivity index (χ4v) is 1.12. The molecule has 0 N–H and O–H groups in total. The average Bonchev–Trinajstić information content (AvgIpc) is 2.17. The van der Waals surface area contributed by atoms with Gasteiger partial charge in [0.25, 0.3) is 0 Å². The van der Waals surface area contributed by atoms with Crippen LogP contribution < -0.4 is 0 Å². The fraction of sp³-hybridized carbons (Fsp3) is 0.364. The Hall–Kier alpha value is -1.36. The van der Waals surface area contributed by atoms with Crippen molar-refractivity contribution >= 4 is 15.8 Å². The van der Waals surface area contributed by atoms with Gasteiger partial charge in [-0.1, -0.05) is 33.1 Å². The van der Waals surface area contributed by atoms with E-state index in [1.54, 1.807) is 0 Å². The van der Waals surface area contributed by atoms with Crippen LogP contribution in [-0.4, -0.2) is 26.4 Å². The number of carbonyl (C=O) groups excluding carboxylic acids is 1. The van der Waals surface area contributed by atoms with Gasteiger partial charge in [0.05, 0.1) is 0 Å². The minimum Gasteiger partial charge on any atom is -0.426 e.